The van der Waals surface area contributed by atoms with Gasteiger partial charge in [0.2, 0.25) is 5.91 Å². The van der Waals surface area contributed by atoms with Gasteiger partial charge in [0.15, 0.2) is 0 Å². The Hall–Kier alpha value is -1.66. The number of benzene rings is 1. The summed E-state index contributed by atoms with van der Waals surface area (Å²) < 4.78 is 0. The van der Waals surface area contributed by atoms with Gasteiger partial charge in [-0.05, 0) is 18.6 Å². The van der Waals surface area contributed by atoms with Crippen molar-refractivity contribution in [2.45, 2.75) is 25.4 Å². The van der Waals surface area contributed by atoms with Crippen LogP contribution >= 0.6 is 11.6 Å². The molecule has 0 radical (unpaired) electrons. The van der Waals surface area contributed by atoms with Gasteiger partial charge in [-0.25, -0.2) is 0 Å². The second kappa shape index (κ2) is 5.99. The third-order valence-corrected chi connectivity index (χ3v) is 3.33. The lowest BCUT2D eigenvalue weighted by molar-refractivity contribution is -0.385. The van der Waals surface area contributed by atoms with Crippen molar-refractivity contribution in [2.24, 2.45) is 0 Å². The Morgan fingerprint density at radius 1 is 1.53 bits per heavy atom. The number of nitro groups is 1. The minimum atomic E-state index is -0.439. The lowest BCUT2D eigenvalue weighted by atomic mass is 10.1. The fourth-order valence-electron chi connectivity index (χ4n) is 2.02. The minimum Gasteiger partial charge on any atom is -0.355 e. The highest BCUT2D eigenvalue weighted by atomic mass is 35.5. The molecule has 102 valence electrons. The van der Waals surface area contributed by atoms with E-state index in [1.165, 1.54) is 6.07 Å². The molecule has 1 aromatic carbocycles. The van der Waals surface area contributed by atoms with Crippen LogP contribution in [0.2, 0.25) is 5.02 Å². The normalized spacial score (nSPS) is 19.0. The summed E-state index contributed by atoms with van der Waals surface area (Å²) in [6, 6.07) is 4.78. The van der Waals surface area contributed by atoms with Gasteiger partial charge in [0.25, 0.3) is 5.69 Å². The zero-order valence-corrected chi connectivity index (χ0v) is 10.9. The van der Waals surface area contributed by atoms with Crippen molar-refractivity contribution in [1.82, 2.24) is 10.6 Å². The summed E-state index contributed by atoms with van der Waals surface area (Å²) in [5.74, 6) is 0.0514. The summed E-state index contributed by atoms with van der Waals surface area (Å²) in [5, 5.41) is 17.2. The monoisotopic (exact) mass is 283 g/mol. The van der Waals surface area contributed by atoms with E-state index in [1.807, 2.05) is 0 Å². The molecule has 6 nitrogen and oxygen atoms in total. The maximum atomic E-state index is 11.0. The molecule has 0 saturated carbocycles. The molecular weight excluding hydrogens is 270 g/mol. The smallest absolute Gasteiger partial charge is 0.275 e. The Morgan fingerprint density at radius 3 is 2.95 bits per heavy atom. The molecule has 2 rings (SSSR count). The van der Waals surface area contributed by atoms with Crippen molar-refractivity contribution in [3.8, 4) is 0 Å². The van der Waals surface area contributed by atoms with Crippen LogP contribution in [0.5, 0.6) is 0 Å². The molecular formula is C12H14ClN3O3. The third kappa shape index (κ3) is 3.65. The number of nitro benzene ring substituents is 1. The van der Waals surface area contributed by atoms with Gasteiger partial charge in [0, 0.05) is 42.2 Å². The van der Waals surface area contributed by atoms with E-state index in [4.69, 9.17) is 11.6 Å². The van der Waals surface area contributed by atoms with Crippen LogP contribution in [0, 0.1) is 10.1 Å². The molecule has 1 unspecified atom stereocenters. The number of hydrogen-bond donors (Lipinski definition) is 2. The van der Waals surface area contributed by atoms with Crippen molar-refractivity contribution >= 4 is 23.2 Å². The largest absolute Gasteiger partial charge is 0.355 e. The predicted octanol–water partition coefficient (Wildman–Crippen LogP) is 1.62. The lowest BCUT2D eigenvalue weighted by Gasteiger charge is -2.23. The molecule has 1 amide bonds. The molecule has 1 aliphatic heterocycles. The number of piperidine rings is 1. The van der Waals surface area contributed by atoms with E-state index >= 15 is 0 Å². The Kier molecular flexibility index (Phi) is 4.34. The van der Waals surface area contributed by atoms with Crippen LogP contribution in [0.15, 0.2) is 18.2 Å². The highest BCUT2D eigenvalue weighted by Gasteiger charge is 2.19. The Labute approximate surface area is 115 Å². The van der Waals surface area contributed by atoms with Gasteiger partial charge in [0.1, 0.15) is 0 Å². The summed E-state index contributed by atoms with van der Waals surface area (Å²) >= 11 is 5.75. The molecule has 0 bridgehead atoms. The van der Waals surface area contributed by atoms with Crippen molar-refractivity contribution in [2.75, 3.05) is 6.54 Å². The van der Waals surface area contributed by atoms with E-state index in [-0.39, 0.29) is 17.6 Å². The quantitative estimate of drug-likeness (QED) is 0.649. The Balaban J connectivity index is 1.99. The van der Waals surface area contributed by atoms with E-state index in [1.54, 1.807) is 12.1 Å². The van der Waals surface area contributed by atoms with E-state index < -0.39 is 4.92 Å². The van der Waals surface area contributed by atoms with Gasteiger partial charge in [-0.1, -0.05) is 11.6 Å². The maximum Gasteiger partial charge on any atom is 0.275 e. The van der Waals surface area contributed by atoms with Crippen LogP contribution < -0.4 is 10.6 Å². The van der Waals surface area contributed by atoms with Crippen molar-refractivity contribution in [1.29, 1.82) is 0 Å². The van der Waals surface area contributed by atoms with Crippen molar-refractivity contribution in [3.63, 3.8) is 0 Å². The number of halogens is 1. The molecule has 1 aliphatic rings. The second-order valence-corrected chi connectivity index (χ2v) is 4.89. The van der Waals surface area contributed by atoms with Crippen LogP contribution in [0.3, 0.4) is 0 Å². The second-order valence-electron chi connectivity index (χ2n) is 4.45. The first-order chi connectivity index (χ1) is 9.06. The van der Waals surface area contributed by atoms with Crippen molar-refractivity contribution < 1.29 is 9.72 Å². The van der Waals surface area contributed by atoms with E-state index in [9.17, 15) is 14.9 Å². The summed E-state index contributed by atoms with van der Waals surface area (Å²) in [5.41, 5.74) is 0.603. The topological polar surface area (TPSA) is 84.3 Å². The zero-order chi connectivity index (χ0) is 13.8. The van der Waals surface area contributed by atoms with Crippen LogP contribution in [-0.4, -0.2) is 23.4 Å². The molecule has 1 heterocycles. The first-order valence-corrected chi connectivity index (χ1v) is 6.37. The number of carbonyl (C=O) groups is 1. The summed E-state index contributed by atoms with van der Waals surface area (Å²) in [6.45, 7) is 0.939. The third-order valence-electron chi connectivity index (χ3n) is 3.09. The van der Waals surface area contributed by atoms with Crippen molar-refractivity contribution in [3.05, 3.63) is 38.9 Å². The summed E-state index contributed by atoms with van der Waals surface area (Å²) in [4.78, 5) is 21.5. The molecule has 1 aromatic rings. The first-order valence-electron chi connectivity index (χ1n) is 5.99. The highest BCUT2D eigenvalue weighted by molar-refractivity contribution is 6.30. The maximum absolute atomic E-state index is 11.0. The fraction of sp³-hybridized carbons (Fsp3) is 0.417. The predicted molar refractivity (Wildman–Crippen MR) is 71.0 cm³/mol. The molecule has 1 saturated heterocycles. The molecule has 1 fully saturated rings. The molecule has 7 heteroatoms. The standard InChI is InChI=1S/C12H14ClN3O3/c13-9-2-1-8(11(5-9)16(18)19)6-14-10-3-4-12(17)15-7-10/h1-2,5,10,14H,3-4,6-7H2,(H,15,17). The number of amides is 1. The highest BCUT2D eigenvalue weighted by Crippen LogP contribution is 2.23. The lowest BCUT2D eigenvalue weighted by Crippen LogP contribution is -2.45. The van der Waals surface area contributed by atoms with Crippen LogP contribution in [0.1, 0.15) is 18.4 Å². The summed E-state index contributed by atoms with van der Waals surface area (Å²) in [7, 11) is 0. The van der Waals surface area contributed by atoms with E-state index in [2.05, 4.69) is 10.6 Å². The van der Waals surface area contributed by atoms with Crippen LogP contribution in [0.4, 0.5) is 5.69 Å². The van der Waals surface area contributed by atoms with Gasteiger partial charge < -0.3 is 10.6 Å². The fourth-order valence-corrected chi connectivity index (χ4v) is 2.18. The SMILES string of the molecule is O=C1CCC(NCc2ccc(Cl)cc2[N+](=O)[O-])CN1. The molecule has 0 aromatic heterocycles. The number of hydrogen-bond acceptors (Lipinski definition) is 4. The molecule has 2 N–H and O–H groups in total. The number of nitrogens with zero attached hydrogens (tertiary/aromatic N) is 1. The zero-order valence-electron chi connectivity index (χ0n) is 10.2. The number of rotatable bonds is 4. The average molecular weight is 284 g/mol. The molecule has 1 atom stereocenters. The van der Waals surface area contributed by atoms with Gasteiger partial charge in [-0.3, -0.25) is 14.9 Å². The van der Waals surface area contributed by atoms with Crippen LogP contribution in [0.25, 0.3) is 0 Å². The molecule has 0 aliphatic carbocycles. The van der Waals surface area contributed by atoms with E-state index in [0.29, 0.717) is 30.1 Å². The van der Waals surface area contributed by atoms with Gasteiger partial charge in [0.05, 0.1) is 4.92 Å². The Bertz CT molecular complexity index is 497. The molecule has 0 spiro atoms. The average Bonchev–Trinajstić information content (AvgIpc) is 2.39. The Morgan fingerprint density at radius 2 is 2.32 bits per heavy atom. The van der Waals surface area contributed by atoms with E-state index in [0.717, 1.165) is 6.42 Å². The van der Waals surface area contributed by atoms with Crippen LogP contribution in [-0.2, 0) is 11.3 Å². The van der Waals surface area contributed by atoms with Gasteiger partial charge >= 0.3 is 0 Å². The van der Waals surface area contributed by atoms with Gasteiger partial charge in [-0.2, -0.15) is 0 Å². The minimum absolute atomic E-state index is 0.0137. The summed E-state index contributed by atoms with van der Waals surface area (Å²) in [6.07, 6.45) is 1.23. The first kappa shape index (κ1) is 13.8. The number of nitrogens with one attached hydrogen (secondary N) is 2. The molecule has 19 heavy (non-hydrogen) atoms. The number of carbonyl (C=O) groups excluding carboxylic acids is 1. The van der Waals surface area contributed by atoms with Gasteiger partial charge in [-0.15, -0.1) is 0 Å².